The van der Waals surface area contributed by atoms with Gasteiger partial charge in [0.2, 0.25) is 12.2 Å². The molecule has 8 nitrogen and oxygen atoms in total. The van der Waals surface area contributed by atoms with Crippen molar-refractivity contribution in [3.8, 4) is 0 Å². The summed E-state index contributed by atoms with van der Waals surface area (Å²) in [5.41, 5.74) is 5.35. The van der Waals surface area contributed by atoms with Gasteiger partial charge in [-0.3, -0.25) is 29.7 Å². The first kappa shape index (κ1) is 22.9. The summed E-state index contributed by atoms with van der Waals surface area (Å²) in [7, 11) is 0. The lowest BCUT2D eigenvalue weighted by atomic mass is 10.1. The van der Waals surface area contributed by atoms with Gasteiger partial charge in [0.05, 0.1) is 5.69 Å². The van der Waals surface area contributed by atoms with Crippen LogP contribution in [0.5, 0.6) is 0 Å². The lowest BCUT2D eigenvalue weighted by Crippen LogP contribution is -2.59. The number of carbonyl (C=O) groups excluding carboxylic acids is 2. The van der Waals surface area contributed by atoms with Crippen molar-refractivity contribution in [3.05, 3.63) is 52.2 Å². The zero-order valence-electron chi connectivity index (χ0n) is 19.8. The number of amidine groups is 1. The number of piperazine rings is 1. The monoisotopic (exact) mass is 480 g/mol. The molecule has 1 atom stereocenters. The Balaban J connectivity index is 1.17. The molecule has 1 aromatic carbocycles. The maximum absolute atomic E-state index is 13.0. The highest BCUT2D eigenvalue weighted by Gasteiger charge is 2.43. The highest BCUT2D eigenvalue weighted by molar-refractivity contribution is 7.12. The average molecular weight is 481 g/mol. The fourth-order valence-corrected chi connectivity index (χ4v) is 5.72. The summed E-state index contributed by atoms with van der Waals surface area (Å²) in [5.74, 6) is 1.39. The molecule has 1 N–H and O–H groups in total. The number of nitrogens with zero attached hydrogens (tertiary/aromatic N) is 5. The van der Waals surface area contributed by atoms with Crippen molar-refractivity contribution in [1.82, 2.24) is 20.1 Å². The minimum absolute atomic E-state index is 0.0494. The summed E-state index contributed by atoms with van der Waals surface area (Å²) in [6.45, 7) is 9.09. The number of nitrogens with one attached hydrogen (secondary N) is 1. The topological polar surface area (TPSA) is 71.5 Å². The fourth-order valence-electron chi connectivity index (χ4n) is 4.88. The molecule has 3 aliphatic heterocycles. The molecule has 34 heavy (non-hydrogen) atoms. The van der Waals surface area contributed by atoms with Gasteiger partial charge in [-0.2, -0.15) is 5.10 Å². The molecule has 1 aromatic heterocycles. The Labute approximate surface area is 204 Å². The molecule has 3 aliphatic rings. The quantitative estimate of drug-likeness (QED) is 0.660. The van der Waals surface area contributed by atoms with E-state index in [1.807, 2.05) is 27.3 Å². The number of amides is 2. The lowest BCUT2D eigenvalue weighted by molar-refractivity contribution is -0.132. The van der Waals surface area contributed by atoms with Gasteiger partial charge >= 0.3 is 0 Å². The number of rotatable bonds is 7. The zero-order valence-corrected chi connectivity index (χ0v) is 20.6. The molecule has 0 radical (unpaired) electrons. The Hall–Kier alpha value is -2.91. The van der Waals surface area contributed by atoms with E-state index in [1.165, 1.54) is 16.9 Å². The summed E-state index contributed by atoms with van der Waals surface area (Å²) in [4.78, 5) is 35.1. The predicted octanol–water partition coefficient (Wildman–Crippen LogP) is 2.99. The van der Waals surface area contributed by atoms with Crippen molar-refractivity contribution < 1.29 is 9.59 Å². The summed E-state index contributed by atoms with van der Waals surface area (Å²) in [6.07, 6.45) is 0.648. The molecule has 0 spiro atoms. The number of hydrogen-bond donors (Lipinski definition) is 1. The highest BCUT2D eigenvalue weighted by Crippen LogP contribution is 2.37. The molecule has 9 heteroatoms. The van der Waals surface area contributed by atoms with Gasteiger partial charge in [-0.15, -0.1) is 11.3 Å². The lowest BCUT2D eigenvalue weighted by Gasteiger charge is -2.40. The van der Waals surface area contributed by atoms with Crippen LogP contribution in [0.4, 0.5) is 5.69 Å². The molecule has 180 valence electrons. The highest BCUT2D eigenvalue weighted by atomic mass is 32.1. The van der Waals surface area contributed by atoms with Crippen LogP contribution in [0.15, 0.2) is 46.9 Å². The SMILES string of the molecule is CC(C)CN1C(=O)c2sccc2N2C(CCC(=O)N3CCN(Cc4ccccc4)CC3)=NNC12. The van der Waals surface area contributed by atoms with Gasteiger partial charge in [-0.25, -0.2) is 0 Å². The molecule has 0 saturated carbocycles. The van der Waals surface area contributed by atoms with Crippen LogP contribution in [0.25, 0.3) is 0 Å². The summed E-state index contributed by atoms with van der Waals surface area (Å²) in [5, 5.41) is 6.50. The van der Waals surface area contributed by atoms with Crippen LogP contribution in [-0.4, -0.2) is 71.4 Å². The van der Waals surface area contributed by atoms with E-state index in [2.05, 4.69) is 58.4 Å². The second kappa shape index (κ2) is 9.76. The second-order valence-electron chi connectivity index (χ2n) is 9.53. The zero-order chi connectivity index (χ0) is 23.7. The van der Waals surface area contributed by atoms with Crippen LogP contribution < -0.4 is 10.3 Å². The van der Waals surface area contributed by atoms with Gasteiger partial charge in [0.25, 0.3) is 5.91 Å². The van der Waals surface area contributed by atoms with Crippen molar-refractivity contribution in [2.24, 2.45) is 11.0 Å². The third-order valence-corrected chi connectivity index (χ3v) is 7.48. The molecule has 0 aliphatic carbocycles. The first-order valence-electron chi connectivity index (χ1n) is 12.0. The standard InChI is InChI=1S/C25H32N6O2S/c1-18(2)16-30-24(33)23-20(10-15-34-23)31-21(26-27-25(30)31)8-9-22(32)29-13-11-28(12-14-29)17-19-6-4-3-5-7-19/h3-7,10,15,18,25,27H,8-9,11-14,16-17H2,1-2H3. The molecule has 1 saturated heterocycles. The Morgan fingerprint density at radius 2 is 1.91 bits per heavy atom. The van der Waals surface area contributed by atoms with E-state index in [0.29, 0.717) is 25.3 Å². The van der Waals surface area contributed by atoms with E-state index >= 15 is 0 Å². The molecular formula is C25H32N6O2S. The van der Waals surface area contributed by atoms with Gasteiger partial charge in [0.15, 0.2) is 0 Å². The smallest absolute Gasteiger partial charge is 0.269 e. The van der Waals surface area contributed by atoms with Gasteiger partial charge in [-0.05, 0) is 22.9 Å². The largest absolute Gasteiger partial charge is 0.340 e. The number of carbonyl (C=O) groups is 2. The molecule has 1 unspecified atom stereocenters. The minimum Gasteiger partial charge on any atom is -0.340 e. The normalized spacial score (nSPS) is 20.3. The molecule has 2 amide bonds. The van der Waals surface area contributed by atoms with Gasteiger partial charge in [0, 0.05) is 52.1 Å². The molecule has 2 aromatic rings. The molecule has 1 fully saturated rings. The third kappa shape index (κ3) is 4.54. The predicted molar refractivity (Wildman–Crippen MR) is 135 cm³/mol. The van der Waals surface area contributed by atoms with Crippen LogP contribution in [0.2, 0.25) is 0 Å². The Kier molecular flexibility index (Phi) is 6.56. The van der Waals surface area contributed by atoms with E-state index in [0.717, 1.165) is 49.1 Å². The van der Waals surface area contributed by atoms with E-state index in [4.69, 9.17) is 0 Å². The van der Waals surface area contributed by atoms with Gasteiger partial charge in [0.1, 0.15) is 10.7 Å². The summed E-state index contributed by atoms with van der Waals surface area (Å²) >= 11 is 1.47. The second-order valence-corrected chi connectivity index (χ2v) is 10.4. The van der Waals surface area contributed by atoms with E-state index in [-0.39, 0.29) is 18.1 Å². The first-order valence-corrected chi connectivity index (χ1v) is 12.9. The van der Waals surface area contributed by atoms with Crippen molar-refractivity contribution in [1.29, 1.82) is 0 Å². The summed E-state index contributed by atoms with van der Waals surface area (Å²) in [6, 6.07) is 12.5. The van der Waals surface area contributed by atoms with Crippen molar-refractivity contribution in [3.63, 3.8) is 0 Å². The number of benzene rings is 1. The maximum atomic E-state index is 13.0. The molecule has 0 bridgehead atoms. The van der Waals surface area contributed by atoms with Crippen LogP contribution in [-0.2, 0) is 11.3 Å². The average Bonchev–Trinajstić information content (AvgIpc) is 3.48. The van der Waals surface area contributed by atoms with Crippen molar-refractivity contribution in [2.45, 2.75) is 39.5 Å². The maximum Gasteiger partial charge on any atom is 0.269 e. The molecule has 5 rings (SSSR count). The Morgan fingerprint density at radius 3 is 2.65 bits per heavy atom. The molecular weight excluding hydrogens is 448 g/mol. The Morgan fingerprint density at radius 1 is 1.15 bits per heavy atom. The third-order valence-electron chi connectivity index (χ3n) is 6.58. The number of thiophene rings is 1. The summed E-state index contributed by atoms with van der Waals surface area (Å²) < 4.78 is 0. The van der Waals surface area contributed by atoms with Gasteiger partial charge < -0.3 is 4.90 Å². The van der Waals surface area contributed by atoms with E-state index < -0.39 is 0 Å². The van der Waals surface area contributed by atoms with E-state index in [1.54, 1.807) is 0 Å². The number of hydrazone groups is 1. The Bertz CT molecular complexity index is 1060. The first-order chi connectivity index (χ1) is 16.5. The number of hydrogen-bond acceptors (Lipinski definition) is 7. The van der Waals surface area contributed by atoms with Crippen LogP contribution >= 0.6 is 11.3 Å². The van der Waals surface area contributed by atoms with Crippen LogP contribution in [0.3, 0.4) is 0 Å². The van der Waals surface area contributed by atoms with Gasteiger partial charge in [-0.1, -0.05) is 44.2 Å². The molecule has 4 heterocycles. The van der Waals surface area contributed by atoms with Crippen molar-refractivity contribution in [2.75, 3.05) is 37.6 Å². The van der Waals surface area contributed by atoms with Crippen molar-refractivity contribution >= 4 is 34.7 Å². The van der Waals surface area contributed by atoms with Crippen LogP contribution in [0, 0.1) is 5.92 Å². The van der Waals surface area contributed by atoms with Crippen LogP contribution in [0.1, 0.15) is 41.9 Å². The number of fused-ring (bicyclic) bond motifs is 3. The number of anilines is 1. The van der Waals surface area contributed by atoms with E-state index in [9.17, 15) is 9.59 Å². The fraction of sp³-hybridized carbons (Fsp3) is 0.480. The minimum atomic E-state index is -0.316.